The number of urea groups is 1. The van der Waals surface area contributed by atoms with Crippen LogP contribution in [0.2, 0.25) is 0 Å². The Kier molecular flexibility index (Phi) is 4.32. The van der Waals surface area contributed by atoms with Gasteiger partial charge < -0.3 is 15.7 Å². The Morgan fingerprint density at radius 3 is 2.05 bits per heavy atom. The van der Waals surface area contributed by atoms with Crippen molar-refractivity contribution in [3.8, 4) is 0 Å². The summed E-state index contributed by atoms with van der Waals surface area (Å²) in [6.07, 6.45) is 5.49. The van der Waals surface area contributed by atoms with Gasteiger partial charge in [0, 0.05) is 6.04 Å². The third-order valence-electron chi connectivity index (χ3n) is 4.32. The largest absolute Gasteiger partial charge is 0.480 e. The maximum atomic E-state index is 12.0. The van der Waals surface area contributed by atoms with Gasteiger partial charge in [-0.05, 0) is 43.4 Å². The van der Waals surface area contributed by atoms with E-state index in [9.17, 15) is 9.59 Å². The van der Waals surface area contributed by atoms with E-state index in [0.717, 1.165) is 6.42 Å². The molecule has 19 heavy (non-hydrogen) atoms. The fraction of sp³-hybridized carbons (Fsp3) is 0.857. The molecule has 0 bridgehead atoms. The van der Waals surface area contributed by atoms with Crippen molar-refractivity contribution in [1.29, 1.82) is 0 Å². The van der Waals surface area contributed by atoms with Crippen LogP contribution in [0.15, 0.2) is 0 Å². The Morgan fingerprint density at radius 2 is 1.68 bits per heavy atom. The zero-order valence-electron chi connectivity index (χ0n) is 11.7. The molecule has 2 saturated carbocycles. The first-order valence-electron chi connectivity index (χ1n) is 7.32. The lowest BCUT2D eigenvalue weighted by atomic mass is 9.99. The van der Waals surface area contributed by atoms with Crippen molar-refractivity contribution in [3.63, 3.8) is 0 Å². The number of aliphatic carboxylic acids is 1. The molecule has 2 aliphatic rings. The third-order valence-corrected chi connectivity index (χ3v) is 4.32. The van der Waals surface area contributed by atoms with Gasteiger partial charge in [0.2, 0.25) is 0 Å². The number of hydrogen-bond acceptors (Lipinski definition) is 2. The van der Waals surface area contributed by atoms with Crippen LogP contribution in [0.25, 0.3) is 0 Å². The summed E-state index contributed by atoms with van der Waals surface area (Å²) in [7, 11) is 0. The van der Waals surface area contributed by atoms with Gasteiger partial charge in [-0.2, -0.15) is 0 Å². The molecule has 0 aromatic carbocycles. The van der Waals surface area contributed by atoms with Crippen LogP contribution >= 0.6 is 0 Å². The van der Waals surface area contributed by atoms with Crippen LogP contribution in [0.4, 0.5) is 4.79 Å². The van der Waals surface area contributed by atoms with Crippen LogP contribution in [0.3, 0.4) is 0 Å². The first-order valence-corrected chi connectivity index (χ1v) is 7.32. The monoisotopic (exact) mass is 268 g/mol. The number of amides is 2. The Morgan fingerprint density at radius 1 is 1.16 bits per heavy atom. The normalized spacial score (nSPS) is 21.8. The molecule has 2 fully saturated rings. The van der Waals surface area contributed by atoms with Crippen molar-refractivity contribution in [2.45, 2.75) is 58.0 Å². The van der Waals surface area contributed by atoms with Crippen molar-refractivity contribution in [3.05, 3.63) is 0 Å². The van der Waals surface area contributed by atoms with Crippen LogP contribution in [0.5, 0.6) is 0 Å². The average molecular weight is 268 g/mol. The predicted octanol–water partition coefficient (Wildman–Crippen LogP) is 1.97. The molecule has 0 saturated heterocycles. The van der Waals surface area contributed by atoms with Gasteiger partial charge in [0.25, 0.3) is 0 Å². The van der Waals surface area contributed by atoms with E-state index in [1.54, 1.807) is 0 Å². The fourth-order valence-corrected chi connectivity index (χ4v) is 2.55. The predicted molar refractivity (Wildman–Crippen MR) is 71.8 cm³/mol. The molecule has 0 radical (unpaired) electrons. The second kappa shape index (κ2) is 5.80. The molecule has 5 nitrogen and oxygen atoms in total. The van der Waals surface area contributed by atoms with Gasteiger partial charge in [0.15, 0.2) is 0 Å². The lowest BCUT2D eigenvalue weighted by Crippen LogP contribution is -2.52. The average Bonchev–Trinajstić information content (AvgIpc) is 3.24. The first kappa shape index (κ1) is 14.2. The van der Waals surface area contributed by atoms with Gasteiger partial charge in [-0.25, -0.2) is 9.59 Å². The number of carbonyl (C=O) groups excluding carboxylic acids is 1. The zero-order valence-corrected chi connectivity index (χ0v) is 11.7. The van der Waals surface area contributed by atoms with Gasteiger partial charge in [-0.15, -0.1) is 0 Å². The summed E-state index contributed by atoms with van der Waals surface area (Å²) >= 11 is 0. The highest BCUT2D eigenvalue weighted by Crippen LogP contribution is 2.44. The smallest absolute Gasteiger partial charge is 0.326 e. The van der Waals surface area contributed by atoms with Crippen LogP contribution < -0.4 is 10.6 Å². The molecular formula is C14H24N2O3. The zero-order chi connectivity index (χ0) is 14.0. The summed E-state index contributed by atoms with van der Waals surface area (Å²) in [6, 6.07) is -0.869. The Hall–Kier alpha value is -1.26. The van der Waals surface area contributed by atoms with Crippen LogP contribution in [0, 0.1) is 17.8 Å². The second-order valence-corrected chi connectivity index (χ2v) is 6.02. The summed E-state index contributed by atoms with van der Waals surface area (Å²) in [4.78, 5) is 23.1. The summed E-state index contributed by atoms with van der Waals surface area (Å²) in [5, 5.41) is 14.8. The minimum absolute atomic E-state index is 0.0662. The van der Waals surface area contributed by atoms with E-state index >= 15 is 0 Å². The number of carboxylic acid groups (broad SMARTS) is 1. The summed E-state index contributed by atoms with van der Waals surface area (Å²) in [6.45, 7) is 3.77. The lowest BCUT2D eigenvalue weighted by Gasteiger charge is -2.23. The summed E-state index contributed by atoms with van der Waals surface area (Å²) in [5.41, 5.74) is 0. The molecule has 0 heterocycles. The van der Waals surface area contributed by atoms with Crippen molar-refractivity contribution in [2.75, 3.05) is 0 Å². The molecule has 0 spiro atoms. The molecule has 5 heteroatoms. The van der Waals surface area contributed by atoms with E-state index in [-0.39, 0.29) is 18.0 Å². The van der Waals surface area contributed by atoms with Crippen molar-refractivity contribution in [2.24, 2.45) is 17.8 Å². The van der Waals surface area contributed by atoms with E-state index in [1.165, 1.54) is 25.7 Å². The van der Waals surface area contributed by atoms with E-state index in [0.29, 0.717) is 11.8 Å². The number of hydrogen-bond donors (Lipinski definition) is 3. The molecule has 2 aliphatic carbocycles. The van der Waals surface area contributed by atoms with Gasteiger partial charge in [0.05, 0.1) is 0 Å². The SMILES string of the molecule is CC[C@H](C)[C@H](NC(=O)NC(C1CC1)C1CC1)C(=O)O. The van der Waals surface area contributed by atoms with Gasteiger partial charge in [0.1, 0.15) is 6.04 Å². The molecule has 0 aliphatic heterocycles. The molecule has 3 N–H and O–H groups in total. The van der Waals surface area contributed by atoms with E-state index < -0.39 is 12.0 Å². The van der Waals surface area contributed by atoms with Crippen LogP contribution in [-0.4, -0.2) is 29.2 Å². The number of carboxylic acids is 1. The molecule has 2 atom stereocenters. The van der Waals surface area contributed by atoms with Crippen molar-refractivity contribution >= 4 is 12.0 Å². The highest BCUT2D eigenvalue weighted by molar-refractivity contribution is 5.82. The second-order valence-electron chi connectivity index (χ2n) is 6.02. The third kappa shape index (κ3) is 3.85. The standard InChI is InChI=1S/C14H24N2O3/c1-3-8(2)11(13(17)18)15-14(19)16-12(9-4-5-9)10-6-7-10/h8-12H,3-7H2,1-2H3,(H,17,18)(H2,15,16,19)/t8-,11-/m0/s1. The van der Waals surface area contributed by atoms with Gasteiger partial charge in [-0.1, -0.05) is 20.3 Å². The van der Waals surface area contributed by atoms with E-state index in [2.05, 4.69) is 10.6 Å². The molecule has 0 unspecified atom stereocenters. The fourth-order valence-electron chi connectivity index (χ4n) is 2.55. The Labute approximate surface area is 114 Å². The Bertz CT molecular complexity index is 339. The lowest BCUT2D eigenvalue weighted by molar-refractivity contribution is -0.140. The topological polar surface area (TPSA) is 78.4 Å². The summed E-state index contributed by atoms with van der Waals surface area (Å²) in [5.74, 6) is 0.206. The van der Waals surface area contributed by atoms with Gasteiger partial charge in [-0.3, -0.25) is 0 Å². The van der Waals surface area contributed by atoms with Crippen LogP contribution in [0.1, 0.15) is 46.0 Å². The van der Waals surface area contributed by atoms with Gasteiger partial charge >= 0.3 is 12.0 Å². The van der Waals surface area contributed by atoms with Crippen LogP contribution in [-0.2, 0) is 4.79 Å². The minimum atomic E-state index is -0.959. The molecule has 0 aromatic rings. The molecule has 0 aromatic heterocycles. The highest BCUT2D eigenvalue weighted by atomic mass is 16.4. The minimum Gasteiger partial charge on any atom is -0.480 e. The maximum Gasteiger partial charge on any atom is 0.326 e. The molecule has 2 rings (SSSR count). The van der Waals surface area contributed by atoms with E-state index in [1.807, 2.05) is 13.8 Å². The maximum absolute atomic E-state index is 12.0. The number of nitrogens with one attached hydrogen (secondary N) is 2. The Balaban J connectivity index is 1.85. The summed E-state index contributed by atoms with van der Waals surface area (Å²) < 4.78 is 0. The highest BCUT2D eigenvalue weighted by Gasteiger charge is 2.42. The van der Waals surface area contributed by atoms with Crippen molar-refractivity contribution in [1.82, 2.24) is 10.6 Å². The molecular weight excluding hydrogens is 244 g/mol. The van der Waals surface area contributed by atoms with Crippen molar-refractivity contribution < 1.29 is 14.7 Å². The molecule has 108 valence electrons. The first-order chi connectivity index (χ1) is 9.02. The number of rotatable bonds is 7. The quantitative estimate of drug-likeness (QED) is 0.660. The number of carbonyl (C=O) groups is 2. The van der Waals surface area contributed by atoms with E-state index in [4.69, 9.17) is 5.11 Å². The molecule has 2 amide bonds.